The van der Waals surface area contributed by atoms with Gasteiger partial charge in [-0.2, -0.15) is 0 Å². The molecule has 0 aliphatic carbocycles. The number of anilines is 1. The van der Waals surface area contributed by atoms with Crippen molar-refractivity contribution in [3.8, 4) is 11.5 Å². The molecular weight excluding hydrogens is 531 g/mol. The Hall–Kier alpha value is -2.97. The minimum Gasteiger partial charge on any atom is -0.490 e. The third kappa shape index (κ3) is 6.58. The van der Waals surface area contributed by atoms with Crippen LogP contribution in [-0.2, 0) is 17.8 Å². The van der Waals surface area contributed by atoms with E-state index >= 15 is 0 Å². The van der Waals surface area contributed by atoms with Gasteiger partial charge in [0.25, 0.3) is 5.91 Å². The van der Waals surface area contributed by atoms with Crippen LogP contribution in [-0.4, -0.2) is 18.0 Å². The first-order valence-electron chi connectivity index (χ1n) is 11.3. The second kappa shape index (κ2) is 11.6. The number of amides is 1. The fourth-order valence-electron chi connectivity index (χ4n) is 3.48. The van der Waals surface area contributed by atoms with Crippen molar-refractivity contribution < 1.29 is 18.7 Å². The molecule has 0 saturated carbocycles. The SMILES string of the molecule is CCOc1cc(/C=C2\S[C@H](Nc3ccc(CC)cc3)NC2=O)c(Br)cc1OCc1ccc(F)cc1. The van der Waals surface area contributed by atoms with Crippen LogP contribution in [0.3, 0.4) is 0 Å². The topological polar surface area (TPSA) is 59.6 Å². The fraction of sp³-hybridized carbons (Fsp3) is 0.222. The number of hydrogen-bond donors (Lipinski definition) is 2. The number of aryl methyl sites for hydroxylation is 1. The zero-order valence-electron chi connectivity index (χ0n) is 19.4. The van der Waals surface area contributed by atoms with Gasteiger partial charge in [0, 0.05) is 10.2 Å². The maximum Gasteiger partial charge on any atom is 0.260 e. The van der Waals surface area contributed by atoms with E-state index in [9.17, 15) is 9.18 Å². The van der Waals surface area contributed by atoms with Crippen LogP contribution in [0.15, 0.2) is 70.0 Å². The van der Waals surface area contributed by atoms with E-state index in [1.54, 1.807) is 12.1 Å². The quantitative estimate of drug-likeness (QED) is 0.286. The van der Waals surface area contributed by atoms with Crippen molar-refractivity contribution >= 4 is 45.4 Å². The third-order valence-corrected chi connectivity index (χ3v) is 7.06. The molecule has 0 unspecified atom stereocenters. The molecule has 1 aliphatic heterocycles. The van der Waals surface area contributed by atoms with E-state index in [1.807, 2.05) is 37.3 Å². The van der Waals surface area contributed by atoms with Crippen LogP contribution < -0.4 is 20.1 Å². The normalized spacial score (nSPS) is 16.3. The molecule has 0 aromatic heterocycles. The molecule has 1 heterocycles. The molecule has 1 atom stereocenters. The Morgan fingerprint density at radius 3 is 2.40 bits per heavy atom. The van der Waals surface area contributed by atoms with Crippen molar-refractivity contribution in [3.05, 3.63) is 92.5 Å². The molecule has 182 valence electrons. The number of benzene rings is 3. The maximum atomic E-state index is 13.2. The third-order valence-electron chi connectivity index (χ3n) is 5.35. The summed E-state index contributed by atoms with van der Waals surface area (Å²) in [5, 5.41) is 6.30. The summed E-state index contributed by atoms with van der Waals surface area (Å²) in [7, 11) is 0. The Kier molecular flexibility index (Phi) is 8.36. The number of nitrogens with one attached hydrogen (secondary N) is 2. The van der Waals surface area contributed by atoms with E-state index in [0.29, 0.717) is 23.0 Å². The van der Waals surface area contributed by atoms with E-state index < -0.39 is 0 Å². The van der Waals surface area contributed by atoms with Gasteiger partial charge < -0.3 is 20.1 Å². The van der Waals surface area contributed by atoms with Crippen molar-refractivity contribution in [1.82, 2.24) is 5.32 Å². The van der Waals surface area contributed by atoms with Gasteiger partial charge in [-0.25, -0.2) is 4.39 Å². The van der Waals surface area contributed by atoms with Crippen molar-refractivity contribution in [2.24, 2.45) is 0 Å². The zero-order chi connectivity index (χ0) is 24.8. The van der Waals surface area contributed by atoms with Crippen LogP contribution in [0.5, 0.6) is 11.5 Å². The predicted molar refractivity (Wildman–Crippen MR) is 143 cm³/mol. The molecule has 1 saturated heterocycles. The molecule has 1 aliphatic rings. The van der Waals surface area contributed by atoms with Gasteiger partial charge in [-0.3, -0.25) is 4.79 Å². The molecule has 3 aromatic rings. The van der Waals surface area contributed by atoms with Gasteiger partial charge in [-0.05, 0) is 72.5 Å². The first-order valence-corrected chi connectivity index (χ1v) is 13.0. The number of ether oxygens (including phenoxy) is 2. The number of thioether (sulfide) groups is 1. The Labute approximate surface area is 217 Å². The van der Waals surface area contributed by atoms with Gasteiger partial charge in [0.05, 0.1) is 11.5 Å². The Morgan fingerprint density at radius 2 is 1.71 bits per heavy atom. The van der Waals surface area contributed by atoms with Crippen molar-refractivity contribution in [1.29, 1.82) is 0 Å². The molecule has 2 N–H and O–H groups in total. The highest BCUT2D eigenvalue weighted by molar-refractivity contribution is 9.10. The summed E-state index contributed by atoms with van der Waals surface area (Å²) in [6.45, 7) is 4.75. The summed E-state index contributed by atoms with van der Waals surface area (Å²) < 4.78 is 25.7. The molecule has 0 spiro atoms. The van der Waals surface area contributed by atoms with Crippen molar-refractivity contribution in [2.45, 2.75) is 32.4 Å². The number of halogens is 2. The molecule has 0 radical (unpaired) electrons. The van der Waals surface area contributed by atoms with Crippen molar-refractivity contribution in [3.63, 3.8) is 0 Å². The lowest BCUT2D eigenvalue weighted by molar-refractivity contribution is -0.116. The number of carbonyl (C=O) groups is 1. The summed E-state index contributed by atoms with van der Waals surface area (Å²) in [6.07, 6.45) is 2.81. The first-order chi connectivity index (χ1) is 16.9. The lowest BCUT2D eigenvalue weighted by Gasteiger charge is -2.14. The van der Waals surface area contributed by atoms with Crippen LogP contribution in [0, 0.1) is 5.82 Å². The Morgan fingerprint density at radius 1 is 1.03 bits per heavy atom. The average molecular weight is 557 g/mol. The van der Waals surface area contributed by atoms with Crippen LogP contribution >= 0.6 is 27.7 Å². The summed E-state index contributed by atoms with van der Waals surface area (Å²) in [5.41, 5.74) is 3.60. The van der Waals surface area contributed by atoms with Gasteiger partial charge >= 0.3 is 0 Å². The molecular formula is C27H26BrFN2O3S. The molecule has 5 nitrogen and oxygen atoms in total. The molecule has 3 aromatic carbocycles. The van der Waals surface area contributed by atoms with E-state index in [4.69, 9.17) is 9.47 Å². The van der Waals surface area contributed by atoms with E-state index in [0.717, 1.165) is 27.7 Å². The molecule has 35 heavy (non-hydrogen) atoms. The predicted octanol–water partition coefficient (Wildman–Crippen LogP) is 6.73. The summed E-state index contributed by atoms with van der Waals surface area (Å²) in [5.74, 6) is 0.700. The molecule has 0 bridgehead atoms. The minimum absolute atomic E-state index is 0.140. The highest BCUT2D eigenvalue weighted by Crippen LogP contribution is 2.38. The summed E-state index contributed by atoms with van der Waals surface area (Å²) in [4.78, 5) is 13.2. The molecule has 1 amide bonds. The minimum atomic E-state index is -0.287. The van der Waals surface area contributed by atoms with Gasteiger partial charge in [-0.1, -0.05) is 58.9 Å². The van der Waals surface area contributed by atoms with E-state index in [1.165, 1.54) is 29.5 Å². The largest absolute Gasteiger partial charge is 0.490 e. The summed E-state index contributed by atoms with van der Waals surface area (Å²) in [6, 6.07) is 18.0. The van der Waals surface area contributed by atoms with Crippen LogP contribution in [0.1, 0.15) is 30.5 Å². The smallest absolute Gasteiger partial charge is 0.260 e. The summed E-state index contributed by atoms with van der Waals surface area (Å²) >= 11 is 5.02. The lowest BCUT2D eigenvalue weighted by atomic mass is 10.1. The van der Waals surface area contributed by atoms with E-state index in [2.05, 4.69) is 45.6 Å². The molecule has 4 rings (SSSR count). The van der Waals surface area contributed by atoms with Gasteiger partial charge in [-0.15, -0.1) is 0 Å². The first kappa shape index (κ1) is 25.1. The van der Waals surface area contributed by atoms with E-state index in [-0.39, 0.29) is 23.8 Å². The van der Waals surface area contributed by atoms with Crippen LogP contribution in [0.25, 0.3) is 6.08 Å². The van der Waals surface area contributed by atoms with Crippen molar-refractivity contribution in [2.75, 3.05) is 11.9 Å². The standard InChI is InChI=1S/C27H26BrFN2O3S/c1-3-17-7-11-21(12-8-17)30-27-31-26(32)25(35-27)14-19-13-23(33-4-2)24(15-22(19)28)34-16-18-5-9-20(29)10-6-18/h5-15,27,30H,3-4,16H2,1-2H3,(H,31,32)/b25-14-/t27-/m1/s1. The average Bonchev–Trinajstić information content (AvgIpc) is 3.20. The Balaban J connectivity index is 1.49. The number of hydrogen-bond acceptors (Lipinski definition) is 5. The monoisotopic (exact) mass is 556 g/mol. The van der Waals surface area contributed by atoms with Gasteiger partial charge in [0.1, 0.15) is 12.4 Å². The zero-order valence-corrected chi connectivity index (χ0v) is 21.8. The number of rotatable bonds is 9. The highest BCUT2D eigenvalue weighted by Gasteiger charge is 2.27. The van der Waals surface area contributed by atoms with Gasteiger partial charge in [0.2, 0.25) is 0 Å². The fourth-order valence-corrected chi connectivity index (χ4v) is 4.89. The maximum absolute atomic E-state index is 13.2. The lowest BCUT2D eigenvalue weighted by Crippen LogP contribution is -2.30. The molecule has 1 fully saturated rings. The van der Waals surface area contributed by atoms with Crippen LogP contribution in [0.4, 0.5) is 10.1 Å². The Bertz CT molecular complexity index is 1220. The highest BCUT2D eigenvalue weighted by atomic mass is 79.9. The van der Waals surface area contributed by atoms with Crippen LogP contribution in [0.2, 0.25) is 0 Å². The number of carbonyl (C=O) groups excluding carboxylic acids is 1. The second-order valence-corrected chi connectivity index (χ2v) is 9.84. The molecule has 8 heteroatoms. The van der Waals surface area contributed by atoms with Gasteiger partial charge in [0.15, 0.2) is 17.0 Å². The second-order valence-electron chi connectivity index (χ2n) is 7.84.